The zero-order valence-corrected chi connectivity index (χ0v) is 11.5. The van der Waals surface area contributed by atoms with Gasteiger partial charge in [-0.1, -0.05) is 12.1 Å². The van der Waals surface area contributed by atoms with Crippen LogP contribution in [0.3, 0.4) is 0 Å². The number of rotatable bonds is 2. The fourth-order valence-corrected chi connectivity index (χ4v) is 2.21. The number of carbonyl (C=O) groups is 3. The van der Waals surface area contributed by atoms with Crippen molar-refractivity contribution in [2.24, 2.45) is 0 Å². The van der Waals surface area contributed by atoms with Crippen LogP contribution in [0, 0.1) is 12.7 Å². The summed E-state index contributed by atoms with van der Waals surface area (Å²) in [5.41, 5.74) is 1.22. The Morgan fingerprint density at radius 1 is 1.15 bits per heavy atom. The molecule has 1 atom stereocenters. The van der Waals surface area contributed by atoms with Gasteiger partial charge in [-0.25, -0.2) is 4.39 Å². The van der Waals surface area contributed by atoms with Gasteiger partial charge in [0.2, 0.25) is 0 Å². The van der Waals surface area contributed by atoms with E-state index in [1.54, 1.807) is 19.1 Å². The smallest absolute Gasteiger partial charge is 0.318 e. The third-order valence-electron chi connectivity index (χ3n) is 3.54. The minimum absolute atomic E-state index is 0.250. The first kappa shape index (κ1) is 14.2. The molecule has 0 radical (unpaired) electrons. The van der Waals surface area contributed by atoms with Crippen LogP contribution >= 0.6 is 0 Å². The number of piperazine rings is 1. The second-order valence-electron chi connectivity index (χ2n) is 4.92. The van der Waals surface area contributed by atoms with E-state index in [-0.39, 0.29) is 12.2 Å². The molecular weight excluding hydrogens is 263 g/mol. The van der Waals surface area contributed by atoms with Crippen molar-refractivity contribution in [1.29, 1.82) is 0 Å². The summed E-state index contributed by atoms with van der Waals surface area (Å²) >= 11 is 0. The molecule has 1 aromatic rings. The minimum Gasteiger partial charge on any atom is -0.325 e. The lowest BCUT2D eigenvalue weighted by Crippen LogP contribution is -2.60. The van der Waals surface area contributed by atoms with Gasteiger partial charge in [-0.3, -0.25) is 19.3 Å². The normalized spacial score (nSPS) is 19.8. The van der Waals surface area contributed by atoms with Gasteiger partial charge in [-0.15, -0.1) is 0 Å². The fourth-order valence-electron chi connectivity index (χ4n) is 2.21. The molecule has 20 heavy (non-hydrogen) atoms. The lowest BCUT2D eigenvalue weighted by Gasteiger charge is -2.35. The van der Waals surface area contributed by atoms with Gasteiger partial charge >= 0.3 is 11.8 Å². The minimum atomic E-state index is -0.830. The largest absolute Gasteiger partial charge is 0.325 e. The first-order valence-corrected chi connectivity index (χ1v) is 6.16. The predicted molar refractivity (Wildman–Crippen MR) is 69.2 cm³/mol. The molecule has 1 aliphatic heterocycles. The Kier molecular flexibility index (Phi) is 3.57. The van der Waals surface area contributed by atoms with Gasteiger partial charge in [0.15, 0.2) is 0 Å². The highest BCUT2D eigenvalue weighted by molar-refractivity contribution is 6.39. The summed E-state index contributed by atoms with van der Waals surface area (Å²) in [5, 5.41) is 0. The lowest BCUT2D eigenvalue weighted by atomic mass is 10.00. The summed E-state index contributed by atoms with van der Waals surface area (Å²) < 4.78 is 13.2. The monoisotopic (exact) mass is 278 g/mol. The molecule has 106 valence electrons. The number of nitrogens with zero attached hydrogens (tertiary/aromatic N) is 2. The van der Waals surface area contributed by atoms with Crippen molar-refractivity contribution in [1.82, 2.24) is 9.80 Å². The van der Waals surface area contributed by atoms with Crippen LogP contribution < -0.4 is 0 Å². The Bertz CT molecular complexity index is 600. The number of hydrogen-bond donors (Lipinski definition) is 0. The Labute approximate surface area is 116 Å². The van der Waals surface area contributed by atoms with E-state index in [2.05, 4.69) is 0 Å². The number of hydrogen-bond acceptors (Lipinski definition) is 3. The van der Waals surface area contributed by atoms with E-state index >= 15 is 0 Å². The van der Waals surface area contributed by atoms with Crippen LogP contribution in [-0.4, -0.2) is 47.7 Å². The van der Waals surface area contributed by atoms with E-state index in [1.165, 1.54) is 20.2 Å². The topological polar surface area (TPSA) is 57.7 Å². The fraction of sp³-hybridized carbons (Fsp3) is 0.357. The number of amides is 3. The highest BCUT2D eigenvalue weighted by Crippen LogP contribution is 2.17. The molecule has 0 N–H and O–H groups in total. The second-order valence-corrected chi connectivity index (χ2v) is 4.92. The van der Waals surface area contributed by atoms with Crippen LogP contribution in [0.15, 0.2) is 18.2 Å². The maximum absolute atomic E-state index is 13.2. The average molecular weight is 278 g/mol. The Hall–Kier alpha value is -2.24. The summed E-state index contributed by atoms with van der Waals surface area (Å²) in [6, 6.07) is 3.80. The maximum Gasteiger partial charge on any atom is 0.318 e. The van der Waals surface area contributed by atoms with E-state index in [9.17, 15) is 18.8 Å². The van der Waals surface area contributed by atoms with Gasteiger partial charge in [-0.2, -0.15) is 0 Å². The van der Waals surface area contributed by atoms with Gasteiger partial charge in [0.05, 0.1) is 0 Å². The van der Waals surface area contributed by atoms with Crippen LogP contribution in [0.5, 0.6) is 0 Å². The molecule has 1 aliphatic rings. The zero-order valence-electron chi connectivity index (χ0n) is 11.5. The van der Waals surface area contributed by atoms with Crippen molar-refractivity contribution in [2.75, 3.05) is 14.1 Å². The van der Waals surface area contributed by atoms with E-state index in [1.807, 2.05) is 0 Å². The summed E-state index contributed by atoms with van der Waals surface area (Å²) in [5.74, 6) is -2.29. The SMILES string of the molecule is Cc1cc(CC2C(=O)N(C)C(=O)C(=O)N2C)ccc1F. The standard InChI is InChI=1S/C14H15FN2O3/c1-8-6-9(4-5-10(8)15)7-11-12(18)17(3)14(20)13(19)16(11)2/h4-6,11H,7H2,1-3H3. The number of imide groups is 1. The first-order chi connectivity index (χ1) is 9.32. The molecule has 1 aromatic carbocycles. The molecule has 1 fully saturated rings. The van der Waals surface area contributed by atoms with Crippen LogP contribution in [0.25, 0.3) is 0 Å². The third kappa shape index (κ3) is 2.29. The number of aryl methyl sites for hydroxylation is 1. The quantitative estimate of drug-likeness (QED) is 0.585. The molecule has 0 aliphatic carbocycles. The van der Waals surface area contributed by atoms with Crippen molar-refractivity contribution in [2.45, 2.75) is 19.4 Å². The molecule has 3 amide bonds. The lowest BCUT2D eigenvalue weighted by molar-refractivity contribution is -0.165. The molecule has 5 nitrogen and oxygen atoms in total. The van der Waals surface area contributed by atoms with Gasteiger partial charge < -0.3 is 4.90 Å². The summed E-state index contributed by atoms with van der Waals surface area (Å²) in [7, 11) is 2.71. The molecule has 1 heterocycles. The number of halogens is 1. The summed E-state index contributed by atoms with van der Waals surface area (Å²) in [6.07, 6.45) is 0.250. The average Bonchev–Trinajstić information content (AvgIpc) is 2.43. The van der Waals surface area contributed by atoms with Crippen molar-refractivity contribution in [3.05, 3.63) is 35.1 Å². The summed E-state index contributed by atoms with van der Waals surface area (Å²) in [4.78, 5) is 37.3. The van der Waals surface area contributed by atoms with Crippen LogP contribution in [-0.2, 0) is 20.8 Å². The number of likely N-dealkylation sites (N-methyl/N-ethyl adjacent to an activating group) is 2. The Balaban J connectivity index is 2.27. The van der Waals surface area contributed by atoms with Crippen molar-refractivity contribution < 1.29 is 18.8 Å². The third-order valence-corrected chi connectivity index (χ3v) is 3.54. The van der Waals surface area contributed by atoms with Crippen LogP contribution in [0.2, 0.25) is 0 Å². The van der Waals surface area contributed by atoms with Gasteiger partial charge in [0, 0.05) is 20.5 Å². The van der Waals surface area contributed by atoms with Crippen LogP contribution in [0.1, 0.15) is 11.1 Å². The van der Waals surface area contributed by atoms with Crippen molar-refractivity contribution >= 4 is 17.7 Å². The highest BCUT2D eigenvalue weighted by Gasteiger charge is 2.41. The van der Waals surface area contributed by atoms with Gasteiger partial charge in [-0.05, 0) is 24.1 Å². The van der Waals surface area contributed by atoms with E-state index in [0.717, 1.165) is 15.4 Å². The molecule has 2 rings (SSSR count). The maximum atomic E-state index is 13.2. The predicted octanol–water partition coefficient (Wildman–Crippen LogP) is 0.502. The number of benzene rings is 1. The van der Waals surface area contributed by atoms with E-state index in [4.69, 9.17) is 0 Å². The second kappa shape index (κ2) is 5.03. The highest BCUT2D eigenvalue weighted by atomic mass is 19.1. The van der Waals surface area contributed by atoms with E-state index in [0.29, 0.717) is 5.56 Å². The molecule has 0 aromatic heterocycles. The molecule has 0 bridgehead atoms. The molecule has 1 unspecified atom stereocenters. The Morgan fingerprint density at radius 3 is 2.40 bits per heavy atom. The zero-order chi connectivity index (χ0) is 15.0. The molecule has 1 saturated heterocycles. The molecule has 0 saturated carbocycles. The van der Waals surface area contributed by atoms with E-state index < -0.39 is 23.8 Å². The number of carbonyl (C=O) groups excluding carboxylic acids is 3. The van der Waals surface area contributed by atoms with Gasteiger partial charge in [0.1, 0.15) is 11.9 Å². The van der Waals surface area contributed by atoms with Crippen LogP contribution in [0.4, 0.5) is 4.39 Å². The van der Waals surface area contributed by atoms with Crippen molar-refractivity contribution in [3.63, 3.8) is 0 Å². The Morgan fingerprint density at radius 2 is 1.80 bits per heavy atom. The molecular formula is C14H15FN2O3. The first-order valence-electron chi connectivity index (χ1n) is 6.16. The summed E-state index contributed by atoms with van der Waals surface area (Å²) in [6.45, 7) is 1.63. The van der Waals surface area contributed by atoms with Gasteiger partial charge in [0.25, 0.3) is 5.91 Å². The molecule has 0 spiro atoms. The van der Waals surface area contributed by atoms with Crippen molar-refractivity contribution in [3.8, 4) is 0 Å². The molecule has 6 heteroatoms.